The van der Waals surface area contributed by atoms with E-state index in [0.29, 0.717) is 18.9 Å². The van der Waals surface area contributed by atoms with Crippen molar-refractivity contribution in [2.24, 2.45) is 10.9 Å². The number of likely N-dealkylation sites (tertiary alicyclic amines) is 1. The molecule has 1 aromatic carbocycles. The Hall–Kier alpha value is -1.51. The number of halogens is 1. The van der Waals surface area contributed by atoms with E-state index in [-0.39, 0.29) is 29.9 Å². The van der Waals surface area contributed by atoms with Gasteiger partial charge in [0.25, 0.3) is 0 Å². The van der Waals surface area contributed by atoms with Crippen LogP contribution in [0.1, 0.15) is 37.3 Å². The molecule has 6 nitrogen and oxygen atoms in total. The van der Waals surface area contributed by atoms with Gasteiger partial charge in [0, 0.05) is 33.1 Å². The van der Waals surface area contributed by atoms with Gasteiger partial charge in [0.15, 0.2) is 5.96 Å². The first kappa shape index (κ1) is 23.5. The second-order valence-corrected chi connectivity index (χ2v) is 6.78. The highest BCUT2D eigenvalue weighted by atomic mass is 127. The van der Waals surface area contributed by atoms with Crippen LogP contribution in [0, 0.1) is 12.8 Å². The normalized spacial score (nSPS) is 15.1. The molecule has 0 unspecified atom stereocenters. The smallest absolute Gasteiger partial charge is 0.220 e. The maximum Gasteiger partial charge on any atom is 0.220 e. The van der Waals surface area contributed by atoms with Crippen LogP contribution >= 0.6 is 24.0 Å². The molecular weight excluding hydrogens is 455 g/mol. The van der Waals surface area contributed by atoms with Gasteiger partial charge in [0.2, 0.25) is 5.91 Å². The number of carbonyl (C=O) groups is 1. The van der Waals surface area contributed by atoms with Crippen molar-refractivity contribution in [3.8, 4) is 5.75 Å². The summed E-state index contributed by atoms with van der Waals surface area (Å²) in [7, 11) is 3.40. The van der Waals surface area contributed by atoms with E-state index in [2.05, 4.69) is 40.7 Å². The summed E-state index contributed by atoms with van der Waals surface area (Å²) in [6.45, 7) is 7.46. The Morgan fingerprint density at radius 3 is 2.63 bits per heavy atom. The summed E-state index contributed by atoms with van der Waals surface area (Å²) in [5.41, 5.74) is 2.27. The third-order valence-electron chi connectivity index (χ3n) is 4.89. The van der Waals surface area contributed by atoms with Crippen molar-refractivity contribution in [2.75, 3.05) is 33.8 Å². The molecule has 7 heteroatoms. The maximum atomic E-state index is 11.6. The van der Waals surface area contributed by atoms with Crippen LogP contribution in [0.4, 0.5) is 0 Å². The van der Waals surface area contributed by atoms with Crippen LogP contribution in [0.15, 0.2) is 23.2 Å². The summed E-state index contributed by atoms with van der Waals surface area (Å²) in [5, 5.41) is 6.11. The molecule has 2 rings (SSSR count). The Morgan fingerprint density at radius 1 is 1.33 bits per heavy atom. The molecule has 1 amide bonds. The summed E-state index contributed by atoms with van der Waals surface area (Å²) < 4.78 is 5.40. The number of benzene rings is 1. The number of nitrogens with one attached hydrogen (secondary N) is 2. The number of rotatable bonds is 6. The molecule has 0 atom stereocenters. The molecule has 0 saturated carbocycles. The van der Waals surface area contributed by atoms with Crippen molar-refractivity contribution in [2.45, 2.75) is 39.7 Å². The van der Waals surface area contributed by atoms with Gasteiger partial charge in [-0.2, -0.15) is 0 Å². The molecule has 1 aliphatic heterocycles. The quantitative estimate of drug-likeness (QED) is 0.367. The van der Waals surface area contributed by atoms with Gasteiger partial charge in [-0.25, -0.2) is 4.99 Å². The van der Waals surface area contributed by atoms with E-state index in [1.807, 2.05) is 6.92 Å². The minimum absolute atomic E-state index is 0. The van der Waals surface area contributed by atoms with Crippen molar-refractivity contribution in [1.82, 2.24) is 15.5 Å². The molecule has 0 radical (unpaired) electrons. The molecule has 1 fully saturated rings. The monoisotopic (exact) mass is 488 g/mol. The van der Waals surface area contributed by atoms with Gasteiger partial charge in [0.05, 0.1) is 13.7 Å². The molecule has 0 spiro atoms. The van der Waals surface area contributed by atoms with Crippen molar-refractivity contribution < 1.29 is 9.53 Å². The third-order valence-corrected chi connectivity index (χ3v) is 4.89. The van der Waals surface area contributed by atoms with Gasteiger partial charge in [-0.1, -0.05) is 12.1 Å². The van der Waals surface area contributed by atoms with E-state index in [4.69, 9.17) is 9.73 Å². The van der Waals surface area contributed by atoms with E-state index >= 15 is 0 Å². The predicted molar refractivity (Wildman–Crippen MR) is 121 cm³/mol. The van der Waals surface area contributed by atoms with Crippen LogP contribution in [-0.4, -0.2) is 50.6 Å². The number of nitrogens with zero attached hydrogens (tertiary/aromatic N) is 2. The second kappa shape index (κ2) is 12.0. The number of aliphatic imine (C=N–C) groups is 1. The first-order valence-corrected chi connectivity index (χ1v) is 9.44. The summed E-state index contributed by atoms with van der Waals surface area (Å²) in [6, 6.07) is 6.22. The SMILES string of the molecule is CCNC(=NCc1ccc(C)c(OC)c1)N1CCC(CC(=O)NC)CC1.I. The Kier molecular flexibility index (Phi) is 10.5. The average Bonchev–Trinajstić information content (AvgIpc) is 2.66. The van der Waals surface area contributed by atoms with Crippen LogP contribution in [0.5, 0.6) is 5.75 Å². The zero-order chi connectivity index (χ0) is 18.9. The zero-order valence-electron chi connectivity index (χ0n) is 16.9. The number of aryl methyl sites for hydroxylation is 1. The molecule has 1 aliphatic rings. The number of hydrogen-bond acceptors (Lipinski definition) is 3. The highest BCUT2D eigenvalue weighted by molar-refractivity contribution is 14.0. The number of guanidine groups is 1. The summed E-state index contributed by atoms with van der Waals surface area (Å²) in [4.78, 5) is 18.7. The van der Waals surface area contributed by atoms with Crippen LogP contribution in [0.2, 0.25) is 0 Å². The first-order chi connectivity index (χ1) is 12.6. The van der Waals surface area contributed by atoms with Gasteiger partial charge >= 0.3 is 0 Å². The number of ether oxygens (including phenoxy) is 1. The molecule has 0 bridgehead atoms. The fraction of sp³-hybridized carbons (Fsp3) is 0.600. The average molecular weight is 488 g/mol. The van der Waals surface area contributed by atoms with Crippen LogP contribution in [-0.2, 0) is 11.3 Å². The third kappa shape index (κ3) is 7.20. The van der Waals surface area contributed by atoms with E-state index in [1.165, 1.54) is 0 Å². The lowest BCUT2D eigenvalue weighted by atomic mass is 9.93. The minimum Gasteiger partial charge on any atom is -0.496 e. The second-order valence-electron chi connectivity index (χ2n) is 6.78. The Labute approximate surface area is 180 Å². The van der Waals surface area contributed by atoms with Crippen LogP contribution < -0.4 is 15.4 Å². The molecular formula is C20H33IN4O2. The molecule has 2 N–H and O–H groups in total. The highest BCUT2D eigenvalue weighted by Gasteiger charge is 2.23. The lowest BCUT2D eigenvalue weighted by molar-refractivity contribution is -0.121. The number of carbonyl (C=O) groups excluding carboxylic acids is 1. The van der Waals surface area contributed by atoms with Crippen molar-refractivity contribution in [3.05, 3.63) is 29.3 Å². The molecule has 0 aromatic heterocycles. The number of piperidine rings is 1. The first-order valence-electron chi connectivity index (χ1n) is 9.44. The largest absolute Gasteiger partial charge is 0.496 e. The van der Waals surface area contributed by atoms with Crippen molar-refractivity contribution in [1.29, 1.82) is 0 Å². The standard InChI is InChI=1S/C20H32N4O2.HI/c1-5-22-20(23-14-17-7-6-15(2)18(12-17)26-4)24-10-8-16(9-11-24)13-19(25)21-3;/h6-7,12,16H,5,8-11,13-14H2,1-4H3,(H,21,25)(H,22,23);1H. The number of hydrogen-bond donors (Lipinski definition) is 2. The lowest BCUT2D eigenvalue weighted by Gasteiger charge is -2.34. The zero-order valence-corrected chi connectivity index (χ0v) is 19.2. The molecule has 152 valence electrons. The molecule has 27 heavy (non-hydrogen) atoms. The lowest BCUT2D eigenvalue weighted by Crippen LogP contribution is -2.46. The minimum atomic E-state index is 0. The summed E-state index contributed by atoms with van der Waals surface area (Å²) in [6.07, 6.45) is 2.67. The van der Waals surface area contributed by atoms with Gasteiger partial charge in [0.1, 0.15) is 5.75 Å². The van der Waals surface area contributed by atoms with Crippen LogP contribution in [0.25, 0.3) is 0 Å². The van der Waals surface area contributed by atoms with E-state index in [0.717, 1.165) is 55.3 Å². The van der Waals surface area contributed by atoms with Crippen molar-refractivity contribution in [3.63, 3.8) is 0 Å². The topological polar surface area (TPSA) is 66.0 Å². The fourth-order valence-electron chi connectivity index (χ4n) is 3.27. The van der Waals surface area contributed by atoms with Gasteiger partial charge in [-0.05, 0) is 49.8 Å². The molecule has 1 heterocycles. The van der Waals surface area contributed by atoms with Crippen molar-refractivity contribution >= 4 is 35.8 Å². The van der Waals surface area contributed by atoms with Gasteiger partial charge in [-0.3, -0.25) is 4.79 Å². The number of methoxy groups -OCH3 is 1. The van der Waals surface area contributed by atoms with Gasteiger partial charge < -0.3 is 20.3 Å². The summed E-state index contributed by atoms with van der Waals surface area (Å²) in [5.74, 6) is 2.45. The number of amides is 1. The molecule has 1 aromatic rings. The van der Waals surface area contributed by atoms with E-state index in [1.54, 1.807) is 14.2 Å². The van der Waals surface area contributed by atoms with E-state index in [9.17, 15) is 4.79 Å². The fourth-order valence-corrected chi connectivity index (χ4v) is 3.27. The van der Waals surface area contributed by atoms with Crippen LogP contribution in [0.3, 0.4) is 0 Å². The Bertz CT molecular complexity index is 628. The van der Waals surface area contributed by atoms with Gasteiger partial charge in [-0.15, -0.1) is 24.0 Å². The summed E-state index contributed by atoms with van der Waals surface area (Å²) >= 11 is 0. The Morgan fingerprint density at radius 2 is 2.04 bits per heavy atom. The Balaban J connectivity index is 0.00000364. The molecule has 1 saturated heterocycles. The van der Waals surface area contributed by atoms with E-state index < -0.39 is 0 Å². The highest BCUT2D eigenvalue weighted by Crippen LogP contribution is 2.21. The molecule has 0 aliphatic carbocycles. The predicted octanol–water partition coefficient (Wildman–Crippen LogP) is 2.94. The maximum absolute atomic E-state index is 11.6.